The molecule has 112 valence electrons. The Morgan fingerprint density at radius 3 is 2.67 bits per heavy atom. The molecule has 0 spiro atoms. The van der Waals surface area contributed by atoms with Gasteiger partial charge in [-0.05, 0) is 48.0 Å². The van der Waals surface area contributed by atoms with Crippen LogP contribution in [0.1, 0.15) is 11.1 Å². The molecule has 0 aromatic heterocycles. The highest BCUT2D eigenvalue weighted by atomic mass is 35.5. The molecule has 0 saturated carbocycles. The van der Waals surface area contributed by atoms with Crippen molar-refractivity contribution in [2.75, 3.05) is 33.2 Å². The number of hydrogen-bond acceptors (Lipinski definition) is 3. The van der Waals surface area contributed by atoms with Crippen molar-refractivity contribution in [2.24, 2.45) is 0 Å². The first kappa shape index (κ1) is 14.8. The molecule has 0 atom stereocenters. The number of hydrogen-bond donors (Lipinski definition) is 1. The summed E-state index contributed by atoms with van der Waals surface area (Å²) in [6, 6.07) is 10.7. The van der Waals surface area contributed by atoms with E-state index < -0.39 is 0 Å². The topological polar surface area (TPSA) is 18.5 Å². The van der Waals surface area contributed by atoms with E-state index in [-0.39, 0.29) is 0 Å². The van der Waals surface area contributed by atoms with Gasteiger partial charge in [-0.15, -0.1) is 0 Å². The van der Waals surface area contributed by atoms with Gasteiger partial charge in [-0.3, -0.25) is 5.43 Å². The van der Waals surface area contributed by atoms with Crippen molar-refractivity contribution in [2.45, 2.75) is 13.5 Å². The molecule has 3 rings (SSSR count). The van der Waals surface area contributed by atoms with E-state index in [0.717, 1.165) is 43.3 Å². The Kier molecular flexibility index (Phi) is 4.45. The third kappa shape index (κ3) is 3.38. The van der Waals surface area contributed by atoms with Gasteiger partial charge in [-0.25, -0.2) is 5.01 Å². The minimum atomic E-state index is 0.784. The van der Waals surface area contributed by atoms with E-state index in [1.807, 2.05) is 0 Å². The first-order valence-corrected chi connectivity index (χ1v) is 7.86. The van der Waals surface area contributed by atoms with Crippen molar-refractivity contribution >= 4 is 22.4 Å². The van der Waals surface area contributed by atoms with Crippen LogP contribution in [0.15, 0.2) is 30.3 Å². The molecule has 0 radical (unpaired) electrons. The average molecular weight is 304 g/mol. The van der Waals surface area contributed by atoms with Gasteiger partial charge in [0.25, 0.3) is 0 Å². The predicted molar refractivity (Wildman–Crippen MR) is 89.6 cm³/mol. The van der Waals surface area contributed by atoms with Gasteiger partial charge >= 0.3 is 0 Å². The van der Waals surface area contributed by atoms with E-state index in [1.54, 1.807) is 0 Å². The highest BCUT2D eigenvalue weighted by molar-refractivity contribution is 6.32. The van der Waals surface area contributed by atoms with Gasteiger partial charge in [0.1, 0.15) is 0 Å². The van der Waals surface area contributed by atoms with Crippen molar-refractivity contribution in [3.63, 3.8) is 0 Å². The molecule has 2 aromatic carbocycles. The Labute approximate surface area is 131 Å². The maximum atomic E-state index is 6.45. The number of nitrogens with one attached hydrogen (secondary N) is 1. The Balaban J connectivity index is 1.73. The van der Waals surface area contributed by atoms with Crippen LogP contribution in [0.4, 0.5) is 0 Å². The summed E-state index contributed by atoms with van der Waals surface area (Å²) in [6.07, 6.45) is 0. The van der Waals surface area contributed by atoms with Crippen molar-refractivity contribution in [1.29, 1.82) is 0 Å². The zero-order chi connectivity index (χ0) is 14.8. The summed E-state index contributed by atoms with van der Waals surface area (Å²) in [5, 5.41) is 5.63. The van der Waals surface area contributed by atoms with Crippen LogP contribution in [0.5, 0.6) is 0 Å². The first-order chi connectivity index (χ1) is 10.1. The van der Waals surface area contributed by atoms with Crippen LogP contribution in [0.25, 0.3) is 10.8 Å². The second-order valence-corrected chi connectivity index (χ2v) is 6.27. The molecule has 0 unspecified atom stereocenters. The summed E-state index contributed by atoms with van der Waals surface area (Å²) in [5.74, 6) is 0. The number of rotatable bonds is 3. The van der Waals surface area contributed by atoms with Gasteiger partial charge in [-0.1, -0.05) is 29.8 Å². The number of nitrogens with zero attached hydrogens (tertiary/aromatic N) is 2. The van der Waals surface area contributed by atoms with Crippen LogP contribution in [-0.4, -0.2) is 43.1 Å². The van der Waals surface area contributed by atoms with Crippen LogP contribution < -0.4 is 5.43 Å². The third-order valence-corrected chi connectivity index (χ3v) is 4.61. The molecule has 1 N–H and O–H groups in total. The van der Waals surface area contributed by atoms with Gasteiger partial charge < -0.3 is 4.90 Å². The van der Waals surface area contributed by atoms with E-state index in [2.05, 4.69) is 59.6 Å². The fourth-order valence-electron chi connectivity index (χ4n) is 2.80. The minimum Gasteiger partial charge on any atom is -0.304 e. The molecule has 1 fully saturated rings. The fourth-order valence-corrected chi connectivity index (χ4v) is 3.03. The summed E-state index contributed by atoms with van der Waals surface area (Å²) >= 11 is 6.45. The molecular formula is C17H22ClN3. The SMILES string of the molecule is Cc1cccc2cc(CNN3CCN(C)CC3)c(Cl)cc12. The van der Waals surface area contributed by atoms with Crippen molar-refractivity contribution in [1.82, 2.24) is 15.3 Å². The molecule has 0 aliphatic carbocycles. The Bertz CT molecular complexity index is 633. The minimum absolute atomic E-state index is 0.784. The number of fused-ring (bicyclic) bond motifs is 1. The summed E-state index contributed by atoms with van der Waals surface area (Å²) < 4.78 is 0. The second-order valence-electron chi connectivity index (χ2n) is 5.86. The molecule has 3 nitrogen and oxygen atoms in total. The number of hydrazine groups is 1. The highest BCUT2D eigenvalue weighted by Gasteiger charge is 2.13. The molecule has 1 heterocycles. The van der Waals surface area contributed by atoms with E-state index in [0.29, 0.717) is 0 Å². The lowest BCUT2D eigenvalue weighted by atomic mass is 10.0. The molecule has 1 saturated heterocycles. The van der Waals surface area contributed by atoms with Gasteiger partial charge in [0.05, 0.1) is 0 Å². The van der Waals surface area contributed by atoms with E-state index in [1.165, 1.54) is 16.3 Å². The first-order valence-electron chi connectivity index (χ1n) is 7.48. The van der Waals surface area contributed by atoms with E-state index in [9.17, 15) is 0 Å². The quantitative estimate of drug-likeness (QED) is 0.940. The van der Waals surface area contributed by atoms with Gasteiger partial charge in [0.15, 0.2) is 0 Å². The lowest BCUT2D eigenvalue weighted by Gasteiger charge is -2.32. The van der Waals surface area contributed by atoms with E-state index in [4.69, 9.17) is 11.6 Å². The monoisotopic (exact) mass is 303 g/mol. The number of halogens is 1. The van der Waals surface area contributed by atoms with E-state index >= 15 is 0 Å². The molecule has 1 aliphatic heterocycles. The standard InChI is InChI=1S/C17H22ClN3/c1-13-4-3-5-14-10-15(17(18)11-16(13)14)12-19-21-8-6-20(2)7-9-21/h3-5,10-11,19H,6-9,12H2,1-2H3. The average Bonchev–Trinajstić information content (AvgIpc) is 2.48. The third-order valence-electron chi connectivity index (χ3n) is 4.26. The molecule has 0 amide bonds. The lowest BCUT2D eigenvalue weighted by molar-refractivity contribution is 0.102. The molecule has 21 heavy (non-hydrogen) atoms. The molecular weight excluding hydrogens is 282 g/mol. The second kappa shape index (κ2) is 6.32. The van der Waals surface area contributed by atoms with Crippen LogP contribution in [0, 0.1) is 6.92 Å². The molecule has 0 bridgehead atoms. The van der Waals surface area contributed by atoms with Crippen molar-refractivity contribution in [3.8, 4) is 0 Å². The number of likely N-dealkylation sites (N-methyl/N-ethyl adjacent to an activating group) is 1. The molecule has 4 heteroatoms. The Morgan fingerprint density at radius 2 is 1.90 bits per heavy atom. The summed E-state index contributed by atoms with van der Waals surface area (Å²) in [7, 11) is 2.17. The molecule has 2 aromatic rings. The highest BCUT2D eigenvalue weighted by Crippen LogP contribution is 2.26. The van der Waals surface area contributed by atoms with Crippen LogP contribution in [0.2, 0.25) is 5.02 Å². The Morgan fingerprint density at radius 1 is 1.14 bits per heavy atom. The Hall–Kier alpha value is -1.13. The largest absolute Gasteiger partial charge is 0.304 e. The van der Waals surface area contributed by atoms with Crippen molar-refractivity contribution < 1.29 is 0 Å². The number of piperazine rings is 1. The fraction of sp³-hybridized carbons (Fsp3) is 0.412. The van der Waals surface area contributed by atoms with Crippen LogP contribution in [-0.2, 0) is 6.54 Å². The maximum absolute atomic E-state index is 6.45. The lowest BCUT2D eigenvalue weighted by Crippen LogP contribution is -2.50. The van der Waals surface area contributed by atoms with Crippen molar-refractivity contribution in [3.05, 3.63) is 46.5 Å². The zero-order valence-electron chi connectivity index (χ0n) is 12.7. The predicted octanol–water partition coefficient (Wildman–Crippen LogP) is 3.05. The summed E-state index contributed by atoms with van der Waals surface area (Å²) in [4.78, 5) is 2.35. The normalized spacial score (nSPS) is 17.5. The summed E-state index contributed by atoms with van der Waals surface area (Å²) in [5.41, 5.74) is 5.93. The van der Waals surface area contributed by atoms with Gasteiger partial charge in [-0.2, -0.15) is 0 Å². The maximum Gasteiger partial charge on any atom is 0.0457 e. The van der Waals surface area contributed by atoms with Gasteiger partial charge in [0, 0.05) is 37.7 Å². The van der Waals surface area contributed by atoms with Crippen LogP contribution in [0.3, 0.4) is 0 Å². The smallest absolute Gasteiger partial charge is 0.0457 e. The summed E-state index contributed by atoms with van der Waals surface area (Å²) in [6.45, 7) is 7.24. The van der Waals surface area contributed by atoms with Crippen LogP contribution >= 0.6 is 11.6 Å². The van der Waals surface area contributed by atoms with Gasteiger partial charge in [0.2, 0.25) is 0 Å². The number of benzene rings is 2. The molecule has 1 aliphatic rings. The zero-order valence-corrected chi connectivity index (χ0v) is 13.5. The number of aryl methyl sites for hydroxylation is 1.